The molecule has 0 saturated carbocycles. The fourth-order valence-corrected chi connectivity index (χ4v) is 2.20. The zero-order valence-corrected chi connectivity index (χ0v) is 11.6. The summed E-state index contributed by atoms with van der Waals surface area (Å²) in [6.45, 7) is 7.08. The standard InChI is InChI=1S/C16H20N2O/c1-11-4-7-16(12(2)8-11)13(3)17-9-14-5-6-15(19)10-18-14/h4-8,10,13,17,19H,9H2,1-3H3. The number of benzene rings is 1. The second-order valence-electron chi connectivity index (χ2n) is 4.97. The van der Waals surface area contributed by atoms with Gasteiger partial charge in [-0.3, -0.25) is 4.98 Å². The summed E-state index contributed by atoms with van der Waals surface area (Å²) in [6, 6.07) is 10.3. The van der Waals surface area contributed by atoms with Crippen molar-refractivity contribution in [2.24, 2.45) is 0 Å². The van der Waals surface area contributed by atoms with E-state index in [2.05, 4.69) is 49.3 Å². The average molecular weight is 256 g/mol. The van der Waals surface area contributed by atoms with Crippen LogP contribution in [0.3, 0.4) is 0 Å². The Bertz CT molecular complexity index is 549. The summed E-state index contributed by atoms with van der Waals surface area (Å²) < 4.78 is 0. The summed E-state index contributed by atoms with van der Waals surface area (Å²) in [6.07, 6.45) is 1.47. The highest BCUT2D eigenvalue weighted by molar-refractivity contribution is 5.32. The molecule has 0 spiro atoms. The number of nitrogens with zero attached hydrogens (tertiary/aromatic N) is 1. The Hall–Kier alpha value is -1.87. The van der Waals surface area contributed by atoms with E-state index in [9.17, 15) is 5.11 Å². The van der Waals surface area contributed by atoms with Gasteiger partial charge in [0, 0.05) is 12.6 Å². The molecule has 0 aliphatic heterocycles. The molecule has 1 heterocycles. The Kier molecular flexibility index (Phi) is 4.17. The van der Waals surface area contributed by atoms with Crippen molar-refractivity contribution < 1.29 is 5.11 Å². The van der Waals surface area contributed by atoms with Gasteiger partial charge in [-0.2, -0.15) is 0 Å². The lowest BCUT2D eigenvalue weighted by Gasteiger charge is -2.17. The van der Waals surface area contributed by atoms with Crippen LogP contribution in [0.25, 0.3) is 0 Å². The van der Waals surface area contributed by atoms with Gasteiger partial charge in [0.2, 0.25) is 0 Å². The molecular weight excluding hydrogens is 236 g/mol. The second-order valence-corrected chi connectivity index (χ2v) is 4.97. The predicted molar refractivity (Wildman–Crippen MR) is 77.1 cm³/mol. The SMILES string of the molecule is Cc1ccc(C(C)NCc2ccc(O)cn2)c(C)c1. The lowest BCUT2D eigenvalue weighted by molar-refractivity contribution is 0.471. The highest BCUT2D eigenvalue weighted by Crippen LogP contribution is 2.19. The van der Waals surface area contributed by atoms with Crippen LogP contribution in [0.15, 0.2) is 36.5 Å². The third kappa shape index (κ3) is 3.55. The first-order valence-corrected chi connectivity index (χ1v) is 6.50. The molecule has 0 amide bonds. The van der Waals surface area contributed by atoms with Gasteiger partial charge < -0.3 is 10.4 Å². The normalized spacial score (nSPS) is 12.4. The van der Waals surface area contributed by atoms with Gasteiger partial charge in [-0.15, -0.1) is 0 Å². The first kappa shape index (κ1) is 13.6. The minimum absolute atomic E-state index is 0.200. The third-order valence-electron chi connectivity index (χ3n) is 3.29. The molecule has 2 rings (SSSR count). The lowest BCUT2D eigenvalue weighted by atomic mass is 10.0. The molecule has 3 nitrogen and oxygen atoms in total. The molecule has 0 saturated heterocycles. The van der Waals surface area contributed by atoms with Crippen LogP contribution in [0.4, 0.5) is 0 Å². The van der Waals surface area contributed by atoms with Gasteiger partial charge in [-0.05, 0) is 44.0 Å². The van der Waals surface area contributed by atoms with Gasteiger partial charge in [-0.25, -0.2) is 0 Å². The van der Waals surface area contributed by atoms with Gasteiger partial charge in [0.15, 0.2) is 0 Å². The van der Waals surface area contributed by atoms with Crippen LogP contribution in [-0.4, -0.2) is 10.1 Å². The zero-order chi connectivity index (χ0) is 13.8. The fourth-order valence-electron chi connectivity index (χ4n) is 2.20. The predicted octanol–water partition coefficient (Wildman–Crippen LogP) is 3.25. The highest BCUT2D eigenvalue weighted by Gasteiger charge is 2.08. The van der Waals surface area contributed by atoms with Crippen LogP contribution in [0.5, 0.6) is 5.75 Å². The molecule has 0 aliphatic carbocycles. The van der Waals surface area contributed by atoms with E-state index in [-0.39, 0.29) is 11.8 Å². The van der Waals surface area contributed by atoms with Gasteiger partial charge in [0.05, 0.1) is 11.9 Å². The van der Waals surface area contributed by atoms with E-state index >= 15 is 0 Å². The lowest BCUT2D eigenvalue weighted by Crippen LogP contribution is -2.19. The highest BCUT2D eigenvalue weighted by atomic mass is 16.3. The molecule has 19 heavy (non-hydrogen) atoms. The maximum atomic E-state index is 9.19. The van der Waals surface area contributed by atoms with Crippen molar-refractivity contribution in [3.63, 3.8) is 0 Å². The number of aromatic hydroxyl groups is 1. The smallest absolute Gasteiger partial charge is 0.133 e. The molecule has 1 unspecified atom stereocenters. The maximum Gasteiger partial charge on any atom is 0.133 e. The largest absolute Gasteiger partial charge is 0.506 e. The van der Waals surface area contributed by atoms with Crippen LogP contribution < -0.4 is 5.32 Å². The Labute approximate surface area is 114 Å². The van der Waals surface area contributed by atoms with Crippen LogP contribution >= 0.6 is 0 Å². The Morgan fingerprint density at radius 3 is 2.63 bits per heavy atom. The molecule has 0 aliphatic rings. The van der Waals surface area contributed by atoms with Crippen LogP contribution in [-0.2, 0) is 6.54 Å². The Morgan fingerprint density at radius 2 is 2.00 bits per heavy atom. The number of hydrogen-bond acceptors (Lipinski definition) is 3. The maximum absolute atomic E-state index is 9.19. The molecule has 0 radical (unpaired) electrons. The van der Waals surface area contributed by atoms with Crippen LogP contribution in [0.1, 0.15) is 35.3 Å². The van der Waals surface area contributed by atoms with E-state index < -0.39 is 0 Å². The quantitative estimate of drug-likeness (QED) is 0.882. The van der Waals surface area contributed by atoms with E-state index in [4.69, 9.17) is 0 Å². The van der Waals surface area contributed by atoms with E-state index in [1.165, 1.54) is 22.9 Å². The molecular formula is C16H20N2O. The van der Waals surface area contributed by atoms with Crippen molar-refractivity contribution in [1.82, 2.24) is 10.3 Å². The number of aryl methyl sites for hydroxylation is 2. The summed E-state index contributed by atoms with van der Waals surface area (Å²) in [7, 11) is 0. The molecule has 1 aromatic heterocycles. The number of pyridine rings is 1. The number of rotatable bonds is 4. The van der Waals surface area contributed by atoms with Gasteiger partial charge in [0.25, 0.3) is 0 Å². The van der Waals surface area contributed by atoms with E-state index in [0.29, 0.717) is 6.54 Å². The Balaban J connectivity index is 2.01. The number of aromatic nitrogens is 1. The molecule has 1 aromatic carbocycles. The molecule has 2 N–H and O–H groups in total. The van der Waals surface area contributed by atoms with Crippen LogP contribution in [0.2, 0.25) is 0 Å². The molecule has 2 aromatic rings. The van der Waals surface area contributed by atoms with Crippen molar-refractivity contribution in [2.75, 3.05) is 0 Å². The van der Waals surface area contributed by atoms with E-state index in [0.717, 1.165) is 5.69 Å². The second kappa shape index (κ2) is 5.85. The Morgan fingerprint density at radius 1 is 1.21 bits per heavy atom. The first-order chi connectivity index (χ1) is 9.06. The third-order valence-corrected chi connectivity index (χ3v) is 3.29. The van der Waals surface area contributed by atoms with Crippen molar-refractivity contribution in [3.05, 3.63) is 58.9 Å². The number of nitrogens with one attached hydrogen (secondary N) is 1. The summed E-state index contributed by atoms with van der Waals surface area (Å²) in [5, 5.41) is 12.6. The summed E-state index contributed by atoms with van der Waals surface area (Å²) in [5.41, 5.74) is 4.83. The van der Waals surface area contributed by atoms with Crippen molar-refractivity contribution in [3.8, 4) is 5.75 Å². The minimum atomic E-state index is 0.200. The van der Waals surface area contributed by atoms with E-state index in [1.807, 2.05) is 6.07 Å². The van der Waals surface area contributed by atoms with Crippen molar-refractivity contribution >= 4 is 0 Å². The van der Waals surface area contributed by atoms with Gasteiger partial charge in [0.1, 0.15) is 5.75 Å². The number of hydrogen-bond donors (Lipinski definition) is 2. The average Bonchev–Trinajstić information content (AvgIpc) is 2.37. The first-order valence-electron chi connectivity index (χ1n) is 6.50. The van der Waals surface area contributed by atoms with Crippen LogP contribution in [0, 0.1) is 13.8 Å². The van der Waals surface area contributed by atoms with E-state index in [1.54, 1.807) is 6.07 Å². The van der Waals surface area contributed by atoms with Gasteiger partial charge in [-0.1, -0.05) is 23.8 Å². The fraction of sp³-hybridized carbons (Fsp3) is 0.312. The molecule has 0 fully saturated rings. The molecule has 100 valence electrons. The zero-order valence-electron chi connectivity index (χ0n) is 11.6. The molecule has 0 bridgehead atoms. The summed E-state index contributed by atoms with van der Waals surface area (Å²) >= 11 is 0. The topological polar surface area (TPSA) is 45.1 Å². The van der Waals surface area contributed by atoms with Gasteiger partial charge >= 0.3 is 0 Å². The molecule has 3 heteroatoms. The van der Waals surface area contributed by atoms with Crippen molar-refractivity contribution in [2.45, 2.75) is 33.4 Å². The molecule has 1 atom stereocenters. The minimum Gasteiger partial charge on any atom is -0.506 e. The monoisotopic (exact) mass is 256 g/mol. The summed E-state index contributed by atoms with van der Waals surface area (Å²) in [4.78, 5) is 4.17. The van der Waals surface area contributed by atoms with Crippen molar-refractivity contribution in [1.29, 1.82) is 0 Å². The summed E-state index contributed by atoms with van der Waals surface area (Å²) in [5.74, 6) is 0.200.